The topological polar surface area (TPSA) is 108 Å². The van der Waals surface area contributed by atoms with Gasteiger partial charge in [0.15, 0.2) is 0 Å². The number of aromatic nitrogens is 1. The predicted octanol–water partition coefficient (Wildman–Crippen LogP) is 5.54. The first-order valence-corrected chi connectivity index (χ1v) is 11.3. The number of nitrogens with two attached hydrogens (primary N) is 1. The molecule has 1 aliphatic rings. The number of anilines is 2. The molecule has 32 heavy (non-hydrogen) atoms. The average molecular weight is 444 g/mol. The lowest BCUT2D eigenvalue weighted by molar-refractivity contribution is 0.242. The smallest absolute Gasteiger partial charge is 0.136 e. The molecule has 1 heterocycles. The third-order valence-corrected chi connectivity index (χ3v) is 6.18. The summed E-state index contributed by atoms with van der Waals surface area (Å²) in [7, 11) is 0. The van der Waals surface area contributed by atoms with Gasteiger partial charge in [0.1, 0.15) is 11.6 Å². The Morgan fingerprint density at radius 2 is 1.94 bits per heavy atom. The van der Waals surface area contributed by atoms with E-state index in [2.05, 4.69) is 15.8 Å². The van der Waals surface area contributed by atoms with Crippen LogP contribution in [0.1, 0.15) is 43.4 Å². The van der Waals surface area contributed by atoms with Crippen molar-refractivity contribution < 1.29 is 4.74 Å². The van der Waals surface area contributed by atoms with Crippen LogP contribution in [0.25, 0.3) is 0 Å². The summed E-state index contributed by atoms with van der Waals surface area (Å²) >= 11 is 1.44. The fourth-order valence-electron chi connectivity index (χ4n) is 3.44. The summed E-state index contributed by atoms with van der Waals surface area (Å²) in [6.45, 7) is 3.92. The Morgan fingerprint density at radius 3 is 2.59 bits per heavy atom. The summed E-state index contributed by atoms with van der Waals surface area (Å²) in [6.07, 6.45) is 3.59. The summed E-state index contributed by atoms with van der Waals surface area (Å²) in [4.78, 5) is 5.38. The van der Waals surface area contributed by atoms with E-state index in [9.17, 15) is 5.26 Å². The number of ether oxygens (including phenoxy) is 1. The molecule has 162 valence electrons. The van der Waals surface area contributed by atoms with Crippen molar-refractivity contribution in [2.45, 2.75) is 43.1 Å². The van der Waals surface area contributed by atoms with Crippen LogP contribution in [0.2, 0.25) is 0 Å². The minimum Gasteiger partial charge on any atom is -0.491 e. The SMILES string of the molecule is CC(C)Oc1ccc(N)c(C(=N)c2ccnc(NSc3ccc(C4(C#N)CC4)cc3)c2)c1. The van der Waals surface area contributed by atoms with E-state index in [0.717, 1.165) is 23.3 Å². The highest BCUT2D eigenvalue weighted by Gasteiger charge is 2.44. The summed E-state index contributed by atoms with van der Waals surface area (Å²) < 4.78 is 8.99. The van der Waals surface area contributed by atoms with Gasteiger partial charge in [0.2, 0.25) is 0 Å². The van der Waals surface area contributed by atoms with E-state index in [0.29, 0.717) is 34.1 Å². The Kier molecular flexibility index (Phi) is 6.06. The zero-order chi connectivity index (χ0) is 22.7. The van der Waals surface area contributed by atoms with Gasteiger partial charge in [-0.15, -0.1) is 0 Å². The maximum atomic E-state index is 9.35. The van der Waals surface area contributed by atoms with E-state index in [-0.39, 0.29) is 11.5 Å². The molecule has 0 unspecified atom stereocenters. The number of nitrogens with zero attached hydrogens (tertiary/aromatic N) is 2. The molecular weight excluding hydrogens is 418 g/mol. The van der Waals surface area contributed by atoms with Gasteiger partial charge in [0, 0.05) is 27.9 Å². The molecule has 1 fully saturated rings. The van der Waals surface area contributed by atoms with Crippen molar-refractivity contribution in [3.63, 3.8) is 0 Å². The summed E-state index contributed by atoms with van der Waals surface area (Å²) in [5, 5.41) is 18.0. The fraction of sp³-hybridized carbons (Fsp3) is 0.240. The van der Waals surface area contributed by atoms with Crippen LogP contribution < -0.4 is 15.2 Å². The number of hydrogen-bond donors (Lipinski definition) is 3. The van der Waals surface area contributed by atoms with Crippen LogP contribution in [-0.4, -0.2) is 16.8 Å². The van der Waals surface area contributed by atoms with E-state index >= 15 is 0 Å². The molecule has 3 aromatic rings. The molecule has 1 aromatic heterocycles. The molecule has 4 N–H and O–H groups in total. The van der Waals surface area contributed by atoms with Crippen molar-refractivity contribution >= 4 is 29.2 Å². The third kappa shape index (κ3) is 4.71. The summed E-state index contributed by atoms with van der Waals surface area (Å²) in [6, 6.07) is 19.5. The maximum absolute atomic E-state index is 9.35. The normalized spacial score (nSPS) is 13.9. The van der Waals surface area contributed by atoms with Gasteiger partial charge >= 0.3 is 0 Å². The lowest BCUT2D eigenvalue weighted by atomic mass is 9.98. The molecule has 2 aromatic carbocycles. The van der Waals surface area contributed by atoms with E-state index in [4.69, 9.17) is 15.9 Å². The van der Waals surface area contributed by atoms with Gasteiger partial charge in [-0.2, -0.15) is 5.26 Å². The Balaban J connectivity index is 1.46. The largest absolute Gasteiger partial charge is 0.491 e. The third-order valence-electron chi connectivity index (χ3n) is 5.36. The van der Waals surface area contributed by atoms with E-state index in [1.54, 1.807) is 24.4 Å². The molecule has 0 aliphatic heterocycles. The fourth-order valence-corrected chi connectivity index (χ4v) is 4.04. The van der Waals surface area contributed by atoms with Crippen molar-refractivity contribution in [3.05, 3.63) is 77.5 Å². The first-order chi connectivity index (χ1) is 15.4. The van der Waals surface area contributed by atoms with Gasteiger partial charge < -0.3 is 15.2 Å². The monoisotopic (exact) mass is 443 g/mol. The van der Waals surface area contributed by atoms with Crippen molar-refractivity contribution in [3.8, 4) is 11.8 Å². The van der Waals surface area contributed by atoms with Gasteiger partial charge in [0.05, 0.1) is 23.3 Å². The van der Waals surface area contributed by atoms with Gasteiger partial charge in [-0.1, -0.05) is 12.1 Å². The Labute approximate surface area is 192 Å². The van der Waals surface area contributed by atoms with Crippen molar-refractivity contribution in [2.75, 3.05) is 10.5 Å². The van der Waals surface area contributed by atoms with E-state index in [1.807, 2.05) is 50.2 Å². The number of benzene rings is 2. The maximum Gasteiger partial charge on any atom is 0.136 e. The molecule has 0 amide bonds. The Hall–Kier alpha value is -3.50. The average Bonchev–Trinajstić information content (AvgIpc) is 3.60. The Morgan fingerprint density at radius 1 is 1.19 bits per heavy atom. The standard InChI is InChI=1S/C25H25N5OS/c1-16(2)31-19-5-8-22(27)21(14-19)24(28)17-9-12-29-23(13-17)30-32-20-6-3-18(4-7-20)25(15-26)10-11-25/h3-9,12-14,16,28H,10-11,27H2,1-2H3,(H,29,30). The lowest BCUT2D eigenvalue weighted by Gasteiger charge is -2.14. The van der Waals surface area contributed by atoms with Crippen molar-refractivity contribution in [2.24, 2.45) is 0 Å². The van der Waals surface area contributed by atoms with E-state index in [1.165, 1.54) is 11.9 Å². The van der Waals surface area contributed by atoms with Gasteiger partial charge in [-0.05, 0) is 86.7 Å². The van der Waals surface area contributed by atoms with Gasteiger partial charge in [-0.25, -0.2) is 4.98 Å². The van der Waals surface area contributed by atoms with Crippen LogP contribution in [0.5, 0.6) is 5.75 Å². The molecular formula is C25H25N5OS. The number of nitriles is 1. The molecule has 0 spiro atoms. The predicted molar refractivity (Wildman–Crippen MR) is 129 cm³/mol. The molecule has 0 saturated heterocycles. The molecule has 1 saturated carbocycles. The van der Waals surface area contributed by atoms with Crippen LogP contribution in [-0.2, 0) is 5.41 Å². The zero-order valence-electron chi connectivity index (χ0n) is 18.1. The molecule has 1 aliphatic carbocycles. The highest BCUT2D eigenvalue weighted by Crippen LogP contribution is 2.47. The van der Waals surface area contributed by atoms with Crippen molar-refractivity contribution in [1.29, 1.82) is 10.7 Å². The minimum atomic E-state index is -0.272. The second kappa shape index (κ2) is 8.93. The molecule has 0 radical (unpaired) electrons. The highest BCUT2D eigenvalue weighted by molar-refractivity contribution is 8.00. The van der Waals surface area contributed by atoms with Crippen LogP contribution in [0.3, 0.4) is 0 Å². The quantitative estimate of drug-likeness (QED) is 0.240. The van der Waals surface area contributed by atoms with Gasteiger partial charge in [-0.3, -0.25) is 5.41 Å². The number of nitrogen functional groups attached to an aromatic ring is 1. The van der Waals surface area contributed by atoms with Crippen LogP contribution in [0.15, 0.2) is 65.7 Å². The highest BCUT2D eigenvalue weighted by atomic mass is 32.2. The van der Waals surface area contributed by atoms with Crippen LogP contribution in [0, 0.1) is 16.7 Å². The molecule has 6 nitrogen and oxygen atoms in total. The summed E-state index contributed by atoms with van der Waals surface area (Å²) in [5.41, 5.74) is 9.11. The first-order valence-electron chi connectivity index (χ1n) is 10.5. The first kappa shape index (κ1) is 21.7. The molecule has 7 heteroatoms. The number of rotatable bonds is 8. The minimum absolute atomic E-state index is 0.0400. The second-order valence-corrected chi connectivity index (χ2v) is 9.02. The molecule has 4 rings (SSSR count). The zero-order valence-corrected chi connectivity index (χ0v) is 18.9. The Bertz CT molecular complexity index is 1180. The van der Waals surface area contributed by atoms with Crippen LogP contribution >= 0.6 is 11.9 Å². The van der Waals surface area contributed by atoms with Crippen molar-refractivity contribution in [1.82, 2.24) is 4.98 Å². The lowest BCUT2D eigenvalue weighted by Crippen LogP contribution is -2.09. The number of hydrogen-bond acceptors (Lipinski definition) is 7. The number of nitrogens with one attached hydrogen (secondary N) is 2. The number of pyridine rings is 1. The van der Waals surface area contributed by atoms with Crippen LogP contribution in [0.4, 0.5) is 11.5 Å². The summed E-state index contributed by atoms with van der Waals surface area (Å²) in [5.74, 6) is 1.33. The molecule has 0 atom stereocenters. The van der Waals surface area contributed by atoms with Gasteiger partial charge in [0.25, 0.3) is 0 Å². The van der Waals surface area contributed by atoms with E-state index < -0.39 is 0 Å². The molecule has 0 bridgehead atoms. The second-order valence-electron chi connectivity index (χ2n) is 8.14.